The van der Waals surface area contributed by atoms with Crippen LogP contribution in [0.1, 0.15) is 48.9 Å². The second-order valence-electron chi connectivity index (χ2n) is 8.84. The van der Waals surface area contributed by atoms with Gasteiger partial charge >= 0.3 is 6.03 Å². The molecule has 1 fully saturated rings. The van der Waals surface area contributed by atoms with Gasteiger partial charge in [-0.3, -0.25) is 9.59 Å². The number of benzene rings is 1. The van der Waals surface area contributed by atoms with Crippen LogP contribution in [0.3, 0.4) is 0 Å². The third-order valence-corrected chi connectivity index (χ3v) is 6.42. The lowest BCUT2D eigenvalue weighted by Gasteiger charge is -2.41. The van der Waals surface area contributed by atoms with Crippen LogP contribution in [0.4, 0.5) is 10.5 Å². The van der Waals surface area contributed by atoms with Crippen molar-refractivity contribution in [3.63, 3.8) is 0 Å². The van der Waals surface area contributed by atoms with Crippen molar-refractivity contribution in [1.29, 1.82) is 0 Å². The molecule has 2 heterocycles. The quantitative estimate of drug-likeness (QED) is 0.694. The van der Waals surface area contributed by atoms with E-state index in [1.54, 1.807) is 21.9 Å². The van der Waals surface area contributed by atoms with Gasteiger partial charge in [-0.1, -0.05) is 38.5 Å². The number of hydrogen-bond acceptors (Lipinski definition) is 4. The van der Waals surface area contributed by atoms with Crippen LogP contribution in [0.15, 0.2) is 41.0 Å². The van der Waals surface area contributed by atoms with E-state index in [1.165, 1.54) is 6.26 Å². The van der Waals surface area contributed by atoms with E-state index in [2.05, 4.69) is 10.6 Å². The molecule has 1 aromatic carbocycles. The number of carbonyl (C=O) groups excluding carboxylic acids is 3. The summed E-state index contributed by atoms with van der Waals surface area (Å²) >= 11 is 0. The molecule has 0 saturated carbocycles. The summed E-state index contributed by atoms with van der Waals surface area (Å²) in [4.78, 5) is 42.4. The van der Waals surface area contributed by atoms with Gasteiger partial charge in [0.25, 0.3) is 5.91 Å². The Morgan fingerprint density at radius 1 is 1.12 bits per heavy atom. The van der Waals surface area contributed by atoms with E-state index < -0.39 is 12.1 Å². The number of rotatable bonds is 6. The normalized spacial score (nSPS) is 17.9. The highest BCUT2D eigenvalue weighted by molar-refractivity contribution is 5.95. The molecule has 4 amide bonds. The van der Waals surface area contributed by atoms with Crippen molar-refractivity contribution in [3.05, 3.63) is 53.5 Å². The Kier molecular flexibility index (Phi) is 7.79. The first-order chi connectivity index (χ1) is 15.7. The van der Waals surface area contributed by atoms with Gasteiger partial charge in [0.15, 0.2) is 5.76 Å². The van der Waals surface area contributed by atoms with Gasteiger partial charge in [-0.25, -0.2) is 4.79 Å². The van der Waals surface area contributed by atoms with E-state index in [-0.39, 0.29) is 23.8 Å². The number of anilines is 1. The predicted octanol–water partition coefficient (Wildman–Crippen LogP) is 3.81. The minimum absolute atomic E-state index is 0.0423. The molecule has 3 atom stereocenters. The molecule has 1 aliphatic heterocycles. The molecule has 1 aliphatic rings. The van der Waals surface area contributed by atoms with Crippen LogP contribution < -0.4 is 10.6 Å². The molecular formula is C25H34N4O4. The Morgan fingerprint density at radius 2 is 1.82 bits per heavy atom. The third-order valence-electron chi connectivity index (χ3n) is 6.42. The van der Waals surface area contributed by atoms with Gasteiger partial charge in [-0.15, -0.1) is 0 Å². The molecule has 1 aromatic heterocycles. The Hall–Kier alpha value is -3.29. The Labute approximate surface area is 195 Å². The molecule has 1 saturated heterocycles. The average Bonchev–Trinajstić information content (AvgIpc) is 3.33. The summed E-state index contributed by atoms with van der Waals surface area (Å²) in [6.45, 7) is 11.0. The molecule has 0 bridgehead atoms. The van der Waals surface area contributed by atoms with Gasteiger partial charge in [-0.05, 0) is 49.9 Å². The maximum absolute atomic E-state index is 13.4. The highest BCUT2D eigenvalue weighted by atomic mass is 16.3. The van der Waals surface area contributed by atoms with Crippen molar-refractivity contribution < 1.29 is 18.8 Å². The highest BCUT2D eigenvalue weighted by Gasteiger charge is 2.36. The smallest absolute Gasteiger partial charge is 0.319 e. The second kappa shape index (κ2) is 10.6. The first kappa shape index (κ1) is 24.4. The molecule has 8 nitrogen and oxygen atoms in total. The number of aryl methyl sites for hydroxylation is 2. The van der Waals surface area contributed by atoms with E-state index in [9.17, 15) is 14.4 Å². The summed E-state index contributed by atoms with van der Waals surface area (Å²) in [5.41, 5.74) is 2.68. The monoisotopic (exact) mass is 454 g/mol. The molecule has 0 radical (unpaired) electrons. The fourth-order valence-corrected chi connectivity index (χ4v) is 4.18. The summed E-state index contributed by atoms with van der Waals surface area (Å²) < 4.78 is 5.24. The van der Waals surface area contributed by atoms with Crippen LogP contribution >= 0.6 is 0 Å². The number of piperazine rings is 1. The van der Waals surface area contributed by atoms with Gasteiger partial charge < -0.3 is 24.9 Å². The van der Waals surface area contributed by atoms with Crippen molar-refractivity contribution in [2.75, 3.05) is 25.0 Å². The topological polar surface area (TPSA) is 94.9 Å². The minimum Gasteiger partial charge on any atom is -0.459 e. The van der Waals surface area contributed by atoms with Crippen molar-refractivity contribution >= 4 is 23.5 Å². The molecule has 2 N–H and O–H groups in total. The lowest BCUT2D eigenvalue weighted by atomic mass is 9.97. The van der Waals surface area contributed by atoms with E-state index >= 15 is 0 Å². The average molecular weight is 455 g/mol. The van der Waals surface area contributed by atoms with Crippen LogP contribution in [0.25, 0.3) is 0 Å². The van der Waals surface area contributed by atoms with Gasteiger partial charge in [-0.2, -0.15) is 0 Å². The Bertz CT molecular complexity index is 968. The highest BCUT2D eigenvalue weighted by Crippen LogP contribution is 2.21. The van der Waals surface area contributed by atoms with Gasteiger partial charge in [0, 0.05) is 31.4 Å². The lowest BCUT2D eigenvalue weighted by molar-refractivity contribution is -0.136. The molecule has 8 heteroatoms. The first-order valence-corrected chi connectivity index (χ1v) is 11.5. The predicted molar refractivity (Wildman–Crippen MR) is 127 cm³/mol. The fourth-order valence-electron chi connectivity index (χ4n) is 4.18. The lowest BCUT2D eigenvalue weighted by Crippen LogP contribution is -2.60. The number of para-hydroxylation sites is 1. The Balaban J connectivity index is 1.67. The first-order valence-electron chi connectivity index (χ1n) is 11.5. The number of furan rings is 1. The van der Waals surface area contributed by atoms with E-state index in [4.69, 9.17) is 4.42 Å². The fraction of sp³-hybridized carbons (Fsp3) is 0.480. The van der Waals surface area contributed by atoms with E-state index in [0.717, 1.165) is 23.2 Å². The van der Waals surface area contributed by atoms with E-state index in [1.807, 2.05) is 52.8 Å². The molecular weight excluding hydrogens is 420 g/mol. The summed E-state index contributed by atoms with van der Waals surface area (Å²) in [5.74, 6) is -0.0506. The van der Waals surface area contributed by atoms with Crippen LogP contribution in [0, 0.1) is 19.8 Å². The standard InChI is InChI=1S/C25H34N4O4/c1-6-16(2)22(27-25(32)26-21-17(3)9-7-10-18(21)4)24(31)28-12-13-29(19(5)15-28)23(30)20-11-8-14-33-20/h7-11,14,16,19,22H,6,12-13,15H2,1-5H3,(H2,26,27,32). The number of urea groups is 1. The third kappa shape index (κ3) is 5.56. The molecule has 178 valence electrons. The number of nitrogens with zero attached hydrogens (tertiary/aromatic N) is 2. The number of amides is 4. The second-order valence-corrected chi connectivity index (χ2v) is 8.84. The zero-order valence-electron chi connectivity index (χ0n) is 20.1. The number of carbonyl (C=O) groups is 3. The van der Waals surface area contributed by atoms with Crippen molar-refractivity contribution in [3.8, 4) is 0 Å². The van der Waals surface area contributed by atoms with Crippen LogP contribution in [-0.4, -0.2) is 59.4 Å². The van der Waals surface area contributed by atoms with Crippen molar-refractivity contribution in [2.24, 2.45) is 5.92 Å². The van der Waals surface area contributed by atoms with E-state index in [0.29, 0.717) is 25.4 Å². The summed E-state index contributed by atoms with van der Waals surface area (Å²) in [6.07, 6.45) is 2.22. The maximum atomic E-state index is 13.4. The van der Waals surface area contributed by atoms with Crippen LogP contribution in [-0.2, 0) is 4.79 Å². The minimum atomic E-state index is -0.654. The number of hydrogen-bond donors (Lipinski definition) is 2. The molecule has 33 heavy (non-hydrogen) atoms. The SMILES string of the molecule is CCC(C)C(NC(=O)Nc1c(C)cccc1C)C(=O)N1CCN(C(=O)c2ccco2)C(C)C1. The molecule has 0 spiro atoms. The van der Waals surface area contributed by atoms with Crippen LogP contribution in [0.5, 0.6) is 0 Å². The molecule has 2 aromatic rings. The zero-order chi connectivity index (χ0) is 24.1. The van der Waals surface area contributed by atoms with Crippen molar-refractivity contribution in [1.82, 2.24) is 15.1 Å². The summed E-state index contributed by atoms with van der Waals surface area (Å²) in [6, 6.07) is 7.92. The van der Waals surface area contributed by atoms with Crippen LogP contribution in [0.2, 0.25) is 0 Å². The summed E-state index contributed by atoms with van der Waals surface area (Å²) in [5, 5.41) is 5.81. The largest absolute Gasteiger partial charge is 0.459 e. The summed E-state index contributed by atoms with van der Waals surface area (Å²) in [7, 11) is 0. The maximum Gasteiger partial charge on any atom is 0.319 e. The van der Waals surface area contributed by atoms with Gasteiger partial charge in [0.05, 0.1) is 6.26 Å². The van der Waals surface area contributed by atoms with Gasteiger partial charge in [0.2, 0.25) is 5.91 Å². The van der Waals surface area contributed by atoms with Gasteiger partial charge in [0.1, 0.15) is 6.04 Å². The molecule has 3 unspecified atom stereocenters. The number of nitrogens with one attached hydrogen (secondary N) is 2. The Morgan fingerprint density at radius 3 is 2.39 bits per heavy atom. The molecule has 3 rings (SSSR count). The zero-order valence-corrected chi connectivity index (χ0v) is 20.1. The molecule has 0 aliphatic carbocycles. The van der Waals surface area contributed by atoms with Crippen molar-refractivity contribution in [2.45, 2.75) is 53.1 Å².